The van der Waals surface area contributed by atoms with E-state index in [1.807, 2.05) is 6.92 Å². The summed E-state index contributed by atoms with van der Waals surface area (Å²) in [5.74, 6) is 2.02. The molecule has 0 bridgehead atoms. The van der Waals surface area contributed by atoms with Crippen LogP contribution in [0.2, 0.25) is 0 Å². The average molecular weight is 458 g/mol. The van der Waals surface area contributed by atoms with Crippen molar-refractivity contribution in [3.8, 4) is 17.2 Å². The van der Waals surface area contributed by atoms with E-state index in [-0.39, 0.29) is 11.6 Å². The molecule has 33 heavy (non-hydrogen) atoms. The first kappa shape index (κ1) is 25.3. The zero-order valence-electron chi connectivity index (χ0n) is 19.3. The minimum Gasteiger partial charge on any atom is -0.494 e. The molecule has 1 heterocycles. The average Bonchev–Trinajstić information content (AvgIpc) is 2.83. The quantitative estimate of drug-likeness (QED) is 0.293. The number of carbonyl (C=O) groups is 1. The Morgan fingerprint density at radius 1 is 1.15 bits per heavy atom. The Bertz CT molecular complexity index is 1060. The lowest BCUT2D eigenvalue weighted by Crippen LogP contribution is -2.43. The number of benzene rings is 1. The van der Waals surface area contributed by atoms with Gasteiger partial charge < -0.3 is 41.5 Å². The molecule has 0 saturated heterocycles. The van der Waals surface area contributed by atoms with Crippen LogP contribution < -0.4 is 36.7 Å². The molecule has 1 unspecified atom stereocenters. The van der Waals surface area contributed by atoms with E-state index in [2.05, 4.69) is 10.3 Å². The van der Waals surface area contributed by atoms with Crippen molar-refractivity contribution in [3.05, 3.63) is 60.1 Å². The first-order chi connectivity index (χ1) is 15.9. The van der Waals surface area contributed by atoms with E-state index in [0.717, 1.165) is 11.6 Å². The fourth-order valence-corrected chi connectivity index (χ4v) is 2.88. The van der Waals surface area contributed by atoms with Crippen LogP contribution in [-0.2, 0) is 9.53 Å². The maximum atomic E-state index is 12.3. The number of hydrogen-bond donors (Lipinski definition) is 4. The number of allylic oxidation sites excluding steroid dienone is 3. The zero-order valence-corrected chi connectivity index (χ0v) is 19.3. The van der Waals surface area contributed by atoms with Gasteiger partial charge in [0.25, 0.3) is 0 Å². The van der Waals surface area contributed by atoms with E-state index in [4.69, 9.17) is 36.1 Å². The van der Waals surface area contributed by atoms with Gasteiger partial charge in [0.1, 0.15) is 29.1 Å². The van der Waals surface area contributed by atoms with Crippen molar-refractivity contribution in [2.24, 2.45) is 17.2 Å². The van der Waals surface area contributed by atoms with Crippen LogP contribution in [-0.4, -0.2) is 37.8 Å². The summed E-state index contributed by atoms with van der Waals surface area (Å²) in [6, 6.07) is 4.25. The Kier molecular flexibility index (Phi) is 9.37. The lowest BCUT2D eigenvalue weighted by molar-refractivity contribution is -0.121. The first-order valence-corrected chi connectivity index (χ1v) is 10.3. The number of pyridine rings is 1. The number of aromatic nitrogens is 1. The van der Waals surface area contributed by atoms with E-state index in [1.54, 1.807) is 51.6 Å². The van der Waals surface area contributed by atoms with Crippen LogP contribution in [0.25, 0.3) is 10.9 Å². The largest absolute Gasteiger partial charge is 0.494 e. The number of nitrogens with two attached hydrogens (primary N) is 3. The van der Waals surface area contributed by atoms with E-state index >= 15 is 0 Å². The molecular weight excluding hydrogens is 426 g/mol. The molecule has 0 spiro atoms. The first-order valence-electron chi connectivity index (χ1n) is 10.3. The van der Waals surface area contributed by atoms with Crippen molar-refractivity contribution in [2.75, 3.05) is 20.8 Å². The van der Waals surface area contributed by atoms with Crippen molar-refractivity contribution in [1.29, 1.82) is 0 Å². The summed E-state index contributed by atoms with van der Waals surface area (Å²) in [5.41, 5.74) is 17.9. The molecule has 1 amide bonds. The molecule has 1 aromatic carbocycles. The Hall–Kier alpha value is -3.92. The Labute approximate surface area is 193 Å². The summed E-state index contributed by atoms with van der Waals surface area (Å²) in [4.78, 5) is 16.6. The fraction of sp³-hybridized carbons (Fsp3) is 0.304. The number of nitrogens with one attached hydrogen (secondary N) is 1. The molecule has 1 atom stereocenters. The topological polar surface area (TPSA) is 157 Å². The van der Waals surface area contributed by atoms with Gasteiger partial charge in [0.05, 0.1) is 26.3 Å². The van der Waals surface area contributed by atoms with Crippen LogP contribution in [0.1, 0.15) is 20.3 Å². The Morgan fingerprint density at radius 2 is 1.85 bits per heavy atom. The standard InChI is InChI=1S/C23H31N5O5/c1-5-14(7-8-21(25)28-23(29)22(26)20(13-24)32-6-2)33-17-9-10-27-16-12-19(31-4)18(30-3)11-15(16)17/h7-13,22H,5-6,24-26H2,1-4H3,(H,28,29)/b14-7+,20-13+,21-8+. The SMILES string of the molecule is CCO/C(=C/N)C(N)C(=O)N/C(N)=C/C=C(\CC)Oc1ccnc2cc(OC)c(OC)cc12. The predicted molar refractivity (Wildman–Crippen MR) is 126 cm³/mol. The molecule has 2 rings (SSSR count). The summed E-state index contributed by atoms with van der Waals surface area (Å²) in [6.07, 6.45) is 6.54. The highest BCUT2D eigenvalue weighted by Gasteiger charge is 2.19. The molecule has 0 saturated carbocycles. The van der Waals surface area contributed by atoms with Gasteiger partial charge in [-0.05, 0) is 31.2 Å². The fourth-order valence-electron chi connectivity index (χ4n) is 2.88. The van der Waals surface area contributed by atoms with Gasteiger partial charge in [-0.3, -0.25) is 9.78 Å². The minimum atomic E-state index is -1.08. The minimum absolute atomic E-state index is 0.0869. The second kappa shape index (κ2) is 12.2. The number of fused-ring (bicyclic) bond motifs is 1. The van der Waals surface area contributed by atoms with Crippen LogP contribution >= 0.6 is 0 Å². The number of rotatable bonds is 11. The molecule has 0 radical (unpaired) electrons. The van der Waals surface area contributed by atoms with Crippen LogP contribution in [0, 0.1) is 0 Å². The molecule has 10 heteroatoms. The summed E-state index contributed by atoms with van der Waals surface area (Å²) < 4.78 is 22.0. The molecule has 0 fully saturated rings. The number of carbonyl (C=O) groups excluding carboxylic acids is 1. The molecule has 1 aromatic heterocycles. The number of ether oxygens (including phenoxy) is 4. The lowest BCUT2D eigenvalue weighted by atomic mass is 10.2. The normalized spacial score (nSPS) is 13.4. The monoisotopic (exact) mass is 457 g/mol. The lowest BCUT2D eigenvalue weighted by Gasteiger charge is -2.15. The van der Waals surface area contributed by atoms with Gasteiger partial charge in [-0.15, -0.1) is 0 Å². The Morgan fingerprint density at radius 3 is 2.45 bits per heavy atom. The molecule has 7 N–H and O–H groups in total. The summed E-state index contributed by atoms with van der Waals surface area (Å²) >= 11 is 0. The maximum absolute atomic E-state index is 12.3. The summed E-state index contributed by atoms with van der Waals surface area (Å²) in [6.45, 7) is 4.02. The molecule has 0 aliphatic rings. The molecule has 2 aromatic rings. The van der Waals surface area contributed by atoms with E-state index in [9.17, 15) is 4.79 Å². The molecule has 0 aliphatic heterocycles. The van der Waals surface area contributed by atoms with Gasteiger partial charge in [-0.25, -0.2) is 0 Å². The van der Waals surface area contributed by atoms with Crippen molar-refractivity contribution in [2.45, 2.75) is 26.3 Å². The number of methoxy groups -OCH3 is 2. The zero-order chi connectivity index (χ0) is 24.4. The number of hydrogen-bond acceptors (Lipinski definition) is 9. The van der Waals surface area contributed by atoms with Gasteiger partial charge in [0.2, 0.25) is 5.91 Å². The van der Waals surface area contributed by atoms with Crippen molar-refractivity contribution in [1.82, 2.24) is 10.3 Å². The van der Waals surface area contributed by atoms with Crippen molar-refractivity contribution in [3.63, 3.8) is 0 Å². The molecular formula is C23H31N5O5. The Balaban J connectivity index is 2.22. The second-order valence-electron chi connectivity index (χ2n) is 6.71. The van der Waals surface area contributed by atoms with Crippen molar-refractivity contribution < 1.29 is 23.7 Å². The van der Waals surface area contributed by atoms with Gasteiger partial charge in [-0.2, -0.15) is 0 Å². The summed E-state index contributed by atoms with van der Waals surface area (Å²) in [5, 5.41) is 3.26. The maximum Gasteiger partial charge on any atom is 0.250 e. The molecule has 178 valence electrons. The highest BCUT2D eigenvalue weighted by Crippen LogP contribution is 2.35. The van der Waals surface area contributed by atoms with Gasteiger partial charge in [-0.1, -0.05) is 6.92 Å². The third-order valence-electron chi connectivity index (χ3n) is 4.58. The highest BCUT2D eigenvalue weighted by molar-refractivity contribution is 5.88. The van der Waals surface area contributed by atoms with Crippen LogP contribution in [0.15, 0.2) is 60.1 Å². The number of amides is 1. The van der Waals surface area contributed by atoms with E-state index in [0.29, 0.717) is 41.6 Å². The highest BCUT2D eigenvalue weighted by atomic mass is 16.5. The van der Waals surface area contributed by atoms with Crippen LogP contribution in [0.4, 0.5) is 0 Å². The molecule has 0 aliphatic carbocycles. The van der Waals surface area contributed by atoms with Crippen LogP contribution in [0.3, 0.4) is 0 Å². The van der Waals surface area contributed by atoms with Gasteiger partial charge >= 0.3 is 0 Å². The predicted octanol–water partition coefficient (Wildman–Crippen LogP) is 2.00. The third kappa shape index (κ3) is 6.53. The van der Waals surface area contributed by atoms with E-state index < -0.39 is 11.9 Å². The smallest absolute Gasteiger partial charge is 0.250 e. The summed E-state index contributed by atoms with van der Waals surface area (Å²) in [7, 11) is 3.13. The third-order valence-corrected chi connectivity index (χ3v) is 4.58. The van der Waals surface area contributed by atoms with Crippen molar-refractivity contribution >= 4 is 16.8 Å². The second-order valence-corrected chi connectivity index (χ2v) is 6.71. The van der Waals surface area contributed by atoms with Gasteiger partial charge in [0.15, 0.2) is 11.5 Å². The number of nitrogens with zero attached hydrogens (tertiary/aromatic N) is 1. The van der Waals surface area contributed by atoms with Gasteiger partial charge in [0, 0.05) is 30.3 Å². The van der Waals surface area contributed by atoms with E-state index in [1.165, 1.54) is 6.08 Å². The van der Waals surface area contributed by atoms with Crippen LogP contribution in [0.5, 0.6) is 17.2 Å². The molecule has 10 nitrogen and oxygen atoms in total.